The van der Waals surface area contributed by atoms with Crippen molar-refractivity contribution in [2.45, 2.75) is 39.2 Å². The van der Waals surface area contributed by atoms with Crippen LogP contribution in [0.4, 0.5) is 21.7 Å². The first-order valence-corrected chi connectivity index (χ1v) is 9.76. The Kier molecular flexibility index (Phi) is 5.17. The molecule has 3 N–H and O–H groups in total. The van der Waals surface area contributed by atoms with E-state index in [1.165, 1.54) is 0 Å². The SMILES string of the molecule is CNc1cc(C)nc(Nc2nc3c(c(C4=CCN[C@@H](C)CC4)c2F)OCC3)c1. The first kappa shape index (κ1) is 18.7. The molecule has 2 aromatic heterocycles. The molecule has 4 rings (SSSR count). The van der Waals surface area contributed by atoms with Crippen LogP contribution in [-0.4, -0.2) is 36.2 Å². The zero-order valence-corrected chi connectivity index (χ0v) is 16.5. The minimum atomic E-state index is -0.379. The van der Waals surface area contributed by atoms with Crippen LogP contribution in [0.15, 0.2) is 18.2 Å². The third kappa shape index (κ3) is 3.67. The second-order valence-electron chi connectivity index (χ2n) is 7.36. The van der Waals surface area contributed by atoms with Gasteiger partial charge in [-0.15, -0.1) is 0 Å². The molecule has 0 aliphatic carbocycles. The van der Waals surface area contributed by atoms with Crippen molar-refractivity contribution in [1.82, 2.24) is 15.3 Å². The van der Waals surface area contributed by atoms with Gasteiger partial charge in [0.25, 0.3) is 0 Å². The molecule has 148 valence electrons. The van der Waals surface area contributed by atoms with E-state index in [4.69, 9.17) is 4.74 Å². The van der Waals surface area contributed by atoms with Gasteiger partial charge in [-0.2, -0.15) is 0 Å². The lowest BCUT2D eigenvalue weighted by atomic mass is 9.98. The maximum atomic E-state index is 15.6. The van der Waals surface area contributed by atoms with E-state index in [-0.39, 0.29) is 11.6 Å². The summed E-state index contributed by atoms with van der Waals surface area (Å²) in [6.45, 7) is 5.31. The van der Waals surface area contributed by atoms with E-state index >= 15 is 4.39 Å². The number of fused-ring (bicyclic) bond motifs is 1. The van der Waals surface area contributed by atoms with E-state index < -0.39 is 0 Å². The van der Waals surface area contributed by atoms with Gasteiger partial charge in [-0.3, -0.25) is 0 Å². The molecule has 0 saturated carbocycles. The quantitative estimate of drug-likeness (QED) is 0.746. The fourth-order valence-electron chi connectivity index (χ4n) is 3.73. The van der Waals surface area contributed by atoms with Crippen LogP contribution in [0, 0.1) is 12.7 Å². The Bertz CT molecular complexity index is 927. The lowest BCUT2D eigenvalue weighted by molar-refractivity contribution is 0.354. The summed E-state index contributed by atoms with van der Waals surface area (Å²) in [5, 5.41) is 9.60. The monoisotopic (exact) mass is 383 g/mol. The van der Waals surface area contributed by atoms with E-state index in [0.717, 1.165) is 42.0 Å². The highest BCUT2D eigenvalue weighted by molar-refractivity contribution is 5.76. The Morgan fingerprint density at radius 1 is 1.25 bits per heavy atom. The standard InChI is InChI=1S/C21H26FN5O/c1-12-4-5-14(6-8-24-12)18-19(22)21(26-16-7-9-28-20(16)18)27-17-11-15(23-3)10-13(2)25-17/h6,10-12,24H,4-5,7-9H2,1-3H3,(H2,23,25,26,27)/t12-/m0/s1. The smallest absolute Gasteiger partial charge is 0.177 e. The zero-order valence-electron chi connectivity index (χ0n) is 16.5. The topological polar surface area (TPSA) is 71.1 Å². The molecular formula is C21H26FN5O. The van der Waals surface area contributed by atoms with Crippen LogP contribution in [0.1, 0.15) is 36.7 Å². The van der Waals surface area contributed by atoms with Crippen molar-refractivity contribution < 1.29 is 9.13 Å². The van der Waals surface area contributed by atoms with Crippen LogP contribution < -0.4 is 20.7 Å². The lowest BCUT2D eigenvalue weighted by Crippen LogP contribution is -2.24. The maximum absolute atomic E-state index is 15.6. The summed E-state index contributed by atoms with van der Waals surface area (Å²) in [6, 6.07) is 4.18. The molecule has 0 aromatic carbocycles. The van der Waals surface area contributed by atoms with Gasteiger partial charge >= 0.3 is 0 Å². The second kappa shape index (κ2) is 7.75. The van der Waals surface area contributed by atoms with Gasteiger partial charge in [-0.1, -0.05) is 6.08 Å². The number of rotatable bonds is 4. The molecule has 2 aliphatic rings. The third-order valence-corrected chi connectivity index (χ3v) is 5.22. The number of aryl methyl sites for hydroxylation is 1. The molecule has 2 aromatic rings. The predicted molar refractivity (Wildman–Crippen MR) is 110 cm³/mol. The first-order chi connectivity index (χ1) is 13.5. The van der Waals surface area contributed by atoms with Crippen molar-refractivity contribution in [3.05, 3.63) is 41.0 Å². The average molecular weight is 383 g/mol. The van der Waals surface area contributed by atoms with Gasteiger partial charge in [0.2, 0.25) is 0 Å². The second-order valence-corrected chi connectivity index (χ2v) is 7.36. The van der Waals surface area contributed by atoms with E-state index in [1.807, 2.05) is 26.1 Å². The van der Waals surface area contributed by atoms with Crippen molar-refractivity contribution >= 4 is 22.9 Å². The zero-order chi connectivity index (χ0) is 19.7. The Morgan fingerprint density at radius 3 is 2.93 bits per heavy atom. The highest BCUT2D eigenvalue weighted by Gasteiger charge is 2.28. The molecule has 0 bridgehead atoms. The van der Waals surface area contributed by atoms with Gasteiger partial charge in [0.05, 0.1) is 17.9 Å². The van der Waals surface area contributed by atoms with Gasteiger partial charge in [-0.25, -0.2) is 14.4 Å². The van der Waals surface area contributed by atoms with Gasteiger partial charge in [0, 0.05) is 43.5 Å². The molecule has 2 aliphatic heterocycles. The molecule has 7 heteroatoms. The van der Waals surface area contributed by atoms with E-state index in [9.17, 15) is 0 Å². The number of pyridine rings is 2. The molecule has 28 heavy (non-hydrogen) atoms. The molecule has 1 atom stereocenters. The molecule has 0 fully saturated rings. The minimum Gasteiger partial charge on any atom is -0.491 e. The van der Waals surface area contributed by atoms with Crippen LogP contribution in [0.5, 0.6) is 5.75 Å². The van der Waals surface area contributed by atoms with Crippen LogP contribution in [0.25, 0.3) is 5.57 Å². The van der Waals surface area contributed by atoms with Gasteiger partial charge in [0.15, 0.2) is 17.4 Å². The summed E-state index contributed by atoms with van der Waals surface area (Å²) in [4.78, 5) is 8.98. The lowest BCUT2D eigenvalue weighted by Gasteiger charge is -2.16. The summed E-state index contributed by atoms with van der Waals surface area (Å²) >= 11 is 0. The predicted octanol–water partition coefficient (Wildman–Crippen LogP) is 3.80. The van der Waals surface area contributed by atoms with Crippen LogP contribution in [-0.2, 0) is 6.42 Å². The van der Waals surface area contributed by atoms with E-state index in [0.29, 0.717) is 36.2 Å². The van der Waals surface area contributed by atoms with E-state index in [1.54, 1.807) is 0 Å². The van der Waals surface area contributed by atoms with Gasteiger partial charge < -0.3 is 20.7 Å². The fourth-order valence-corrected chi connectivity index (χ4v) is 3.73. The van der Waals surface area contributed by atoms with Crippen molar-refractivity contribution in [2.75, 3.05) is 30.8 Å². The van der Waals surface area contributed by atoms with Crippen molar-refractivity contribution in [1.29, 1.82) is 0 Å². The minimum absolute atomic E-state index is 0.200. The largest absolute Gasteiger partial charge is 0.491 e. The summed E-state index contributed by atoms with van der Waals surface area (Å²) in [7, 11) is 1.84. The molecule has 0 radical (unpaired) electrons. The van der Waals surface area contributed by atoms with Gasteiger partial charge in [-0.05, 0) is 38.3 Å². The molecule has 0 amide bonds. The number of nitrogens with zero attached hydrogens (tertiary/aromatic N) is 2. The number of aromatic nitrogens is 2. The fraction of sp³-hybridized carbons (Fsp3) is 0.429. The van der Waals surface area contributed by atoms with Crippen LogP contribution in [0.2, 0.25) is 0 Å². The number of hydrogen-bond donors (Lipinski definition) is 3. The Morgan fingerprint density at radius 2 is 2.11 bits per heavy atom. The number of nitrogens with one attached hydrogen (secondary N) is 3. The summed E-state index contributed by atoms with van der Waals surface area (Å²) in [5.74, 6) is 0.976. The van der Waals surface area contributed by atoms with Crippen molar-refractivity contribution in [3.63, 3.8) is 0 Å². The highest BCUT2D eigenvalue weighted by Crippen LogP contribution is 2.40. The Balaban J connectivity index is 1.75. The molecule has 6 nitrogen and oxygen atoms in total. The number of halogens is 1. The van der Waals surface area contributed by atoms with Crippen LogP contribution >= 0.6 is 0 Å². The van der Waals surface area contributed by atoms with Crippen LogP contribution in [0.3, 0.4) is 0 Å². The number of anilines is 3. The Hall–Kier alpha value is -2.67. The third-order valence-electron chi connectivity index (χ3n) is 5.22. The van der Waals surface area contributed by atoms with Gasteiger partial charge in [0.1, 0.15) is 5.82 Å². The number of allylic oxidation sites excluding steroid dienone is 1. The average Bonchev–Trinajstić information content (AvgIpc) is 3.02. The highest BCUT2D eigenvalue weighted by atomic mass is 19.1. The summed E-state index contributed by atoms with van der Waals surface area (Å²) in [5.41, 5.74) is 4.07. The van der Waals surface area contributed by atoms with Crippen molar-refractivity contribution in [2.24, 2.45) is 0 Å². The maximum Gasteiger partial charge on any atom is 0.177 e. The Labute approximate surface area is 164 Å². The molecule has 0 unspecified atom stereocenters. The van der Waals surface area contributed by atoms with Crippen molar-refractivity contribution in [3.8, 4) is 5.75 Å². The molecule has 0 spiro atoms. The molecule has 0 saturated heterocycles. The summed E-state index contributed by atoms with van der Waals surface area (Å²) < 4.78 is 21.4. The first-order valence-electron chi connectivity index (χ1n) is 9.76. The molecule has 4 heterocycles. The molecular weight excluding hydrogens is 357 g/mol. The summed E-state index contributed by atoms with van der Waals surface area (Å²) in [6.07, 6.45) is 4.51. The normalized spacial score (nSPS) is 18.7. The number of ether oxygens (including phenoxy) is 1. The van der Waals surface area contributed by atoms with E-state index in [2.05, 4.69) is 38.9 Å². The number of hydrogen-bond acceptors (Lipinski definition) is 6.